The SMILES string of the molecule is CCCCOc1c2n(cc(C(=O)NCc3cccc(Cl)c3F)c1=O)C1(CC(O)C1)CN(C)C2=O. The fourth-order valence-electron chi connectivity index (χ4n) is 4.65. The van der Waals surface area contributed by atoms with Crippen molar-refractivity contribution < 1.29 is 23.8 Å². The third-order valence-corrected chi connectivity index (χ3v) is 6.74. The number of halogens is 2. The van der Waals surface area contributed by atoms with Crippen LogP contribution < -0.4 is 15.5 Å². The minimum absolute atomic E-state index is 0.0691. The summed E-state index contributed by atoms with van der Waals surface area (Å²) in [6, 6.07) is 4.45. The number of fused-ring (bicyclic) bond motifs is 2. The number of aliphatic hydroxyl groups excluding tert-OH is 1. The van der Waals surface area contributed by atoms with Crippen LogP contribution in [0.4, 0.5) is 4.39 Å². The van der Waals surface area contributed by atoms with Crippen molar-refractivity contribution in [2.45, 2.75) is 50.8 Å². The first-order valence-electron chi connectivity index (χ1n) is 11.3. The molecule has 0 atom stereocenters. The van der Waals surface area contributed by atoms with E-state index in [4.69, 9.17) is 16.3 Å². The second-order valence-corrected chi connectivity index (χ2v) is 9.37. The number of rotatable bonds is 7. The molecule has 1 aromatic heterocycles. The summed E-state index contributed by atoms with van der Waals surface area (Å²) in [4.78, 5) is 40.9. The van der Waals surface area contributed by atoms with E-state index in [-0.39, 0.29) is 46.7 Å². The van der Waals surface area contributed by atoms with Crippen LogP contribution in [0, 0.1) is 5.82 Å². The first-order valence-corrected chi connectivity index (χ1v) is 11.6. The fraction of sp³-hybridized carbons (Fsp3) is 0.458. The number of hydrogen-bond acceptors (Lipinski definition) is 5. The predicted octanol–water partition coefficient (Wildman–Crippen LogP) is 2.69. The minimum Gasteiger partial charge on any atom is -0.487 e. The number of carbonyl (C=O) groups excluding carboxylic acids is 2. The zero-order chi connectivity index (χ0) is 24.6. The number of likely N-dealkylation sites (N-methyl/N-ethyl adjacent to an activating group) is 1. The Balaban J connectivity index is 1.75. The highest BCUT2D eigenvalue weighted by molar-refractivity contribution is 6.30. The monoisotopic (exact) mass is 491 g/mol. The number of nitrogens with one attached hydrogen (secondary N) is 1. The molecular weight excluding hydrogens is 465 g/mol. The summed E-state index contributed by atoms with van der Waals surface area (Å²) < 4.78 is 21.6. The molecule has 4 rings (SSSR count). The molecule has 1 fully saturated rings. The van der Waals surface area contributed by atoms with Gasteiger partial charge in [0.15, 0.2) is 11.4 Å². The van der Waals surface area contributed by atoms with Gasteiger partial charge in [-0.15, -0.1) is 0 Å². The summed E-state index contributed by atoms with van der Waals surface area (Å²) in [5, 5.41) is 12.5. The number of unbranched alkanes of at least 4 members (excludes halogenated alkanes) is 1. The summed E-state index contributed by atoms with van der Waals surface area (Å²) in [7, 11) is 1.64. The summed E-state index contributed by atoms with van der Waals surface area (Å²) >= 11 is 5.81. The normalized spacial score (nSPS) is 21.3. The minimum atomic E-state index is -0.721. The molecule has 8 nitrogen and oxygen atoms in total. The van der Waals surface area contributed by atoms with Gasteiger partial charge in [0, 0.05) is 31.9 Å². The van der Waals surface area contributed by atoms with Crippen molar-refractivity contribution in [2.24, 2.45) is 0 Å². The zero-order valence-electron chi connectivity index (χ0n) is 19.1. The van der Waals surface area contributed by atoms with Gasteiger partial charge in [-0.25, -0.2) is 4.39 Å². The van der Waals surface area contributed by atoms with Crippen LogP contribution in [-0.2, 0) is 12.1 Å². The maximum absolute atomic E-state index is 14.2. The molecule has 2 N–H and O–H groups in total. The Hall–Kier alpha value is -2.91. The van der Waals surface area contributed by atoms with Gasteiger partial charge >= 0.3 is 0 Å². The van der Waals surface area contributed by atoms with Crippen molar-refractivity contribution in [1.29, 1.82) is 0 Å². The summed E-state index contributed by atoms with van der Waals surface area (Å²) in [6.45, 7) is 2.34. The highest BCUT2D eigenvalue weighted by atomic mass is 35.5. The predicted molar refractivity (Wildman–Crippen MR) is 124 cm³/mol. The average molecular weight is 492 g/mol. The largest absolute Gasteiger partial charge is 0.487 e. The number of hydrogen-bond donors (Lipinski definition) is 2. The highest BCUT2D eigenvalue weighted by Gasteiger charge is 2.51. The van der Waals surface area contributed by atoms with Crippen LogP contribution in [-0.4, -0.2) is 52.7 Å². The molecule has 0 radical (unpaired) electrons. The molecule has 2 aromatic rings. The standard InChI is InChI=1S/C24H27ClFN3O5/c1-3-4-8-34-21-19-23(33)28(2)13-24(9-15(30)10-24)29(19)12-16(20(21)31)22(32)27-11-14-6-5-7-17(25)18(14)26/h5-7,12,15,30H,3-4,8-11,13H2,1-2H3,(H,27,32). The number of aliphatic hydroxyl groups is 1. The maximum Gasteiger partial charge on any atom is 0.274 e. The lowest BCUT2D eigenvalue weighted by Gasteiger charge is -2.52. The van der Waals surface area contributed by atoms with Gasteiger partial charge in [-0.1, -0.05) is 37.1 Å². The summed E-state index contributed by atoms with van der Waals surface area (Å²) in [5.74, 6) is -1.93. The van der Waals surface area contributed by atoms with Crippen molar-refractivity contribution in [3.8, 4) is 5.75 Å². The zero-order valence-corrected chi connectivity index (χ0v) is 19.8. The molecule has 2 heterocycles. The molecule has 10 heteroatoms. The molecule has 1 aliphatic carbocycles. The van der Waals surface area contributed by atoms with Gasteiger partial charge in [0.1, 0.15) is 11.4 Å². The van der Waals surface area contributed by atoms with Crippen LogP contribution in [0.3, 0.4) is 0 Å². The van der Waals surface area contributed by atoms with E-state index in [1.54, 1.807) is 17.7 Å². The van der Waals surface area contributed by atoms with Gasteiger partial charge in [0.2, 0.25) is 5.43 Å². The van der Waals surface area contributed by atoms with E-state index in [0.717, 1.165) is 6.42 Å². The Morgan fingerprint density at radius 3 is 2.76 bits per heavy atom. The van der Waals surface area contributed by atoms with E-state index >= 15 is 0 Å². The van der Waals surface area contributed by atoms with Crippen LogP contribution in [0.25, 0.3) is 0 Å². The van der Waals surface area contributed by atoms with Gasteiger partial charge in [-0.05, 0) is 25.3 Å². The second-order valence-electron chi connectivity index (χ2n) is 8.96. The number of ether oxygens (including phenoxy) is 1. The van der Waals surface area contributed by atoms with Crippen molar-refractivity contribution in [1.82, 2.24) is 14.8 Å². The average Bonchev–Trinajstić information content (AvgIpc) is 2.78. The Morgan fingerprint density at radius 2 is 2.09 bits per heavy atom. The van der Waals surface area contributed by atoms with Gasteiger partial charge in [-0.3, -0.25) is 14.4 Å². The van der Waals surface area contributed by atoms with Crippen molar-refractivity contribution in [3.63, 3.8) is 0 Å². The van der Waals surface area contributed by atoms with E-state index in [1.807, 2.05) is 6.92 Å². The lowest BCUT2D eigenvalue weighted by Crippen LogP contribution is -2.61. The molecule has 1 aromatic carbocycles. The van der Waals surface area contributed by atoms with Crippen LogP contribution in [0.15, 0.2) is 29.2 Å². The quantitative estimate of drug-likeness (QED) is 0.580. The first-order chi connectivity index (χ1) is 16.2. The third-order valence-electron chi connectivity index (χ3n) is 6.45. The summed E-state index contributed by atoms with van der Waals surface area (Å²) in [5.41, 5.74) is -1.30. The molecule has 0 saturated heterocycles. The fourth-order valence-corrected chi connectivity index (χ4v) is 4.84. The van der Waals surface area contributed by atoms with E-state index in [1.165, 1.54) is 23.2 Å². The van der Waals surface area contributed by atoms with Crippen molar-refractivity contribution in [3.05, 3.63) is 62.3 Å². The Bertz CT molecular complexity index is 1190. The van der Waals surface area contributed by atoms with Gasteiger partial charge < -0.3 is 24.6 Å². The van der Waals surface area contributed by atoms with Crippen molar-refractivity contribution in [2.75, 3.05) is 20.2 Å². The van der Waals surface area contributed by atoms with Gasteiger partial charge in [0.05, 0.1) is 23.3 Å². The highest BCUT2D eigenvalue weighted by Crippen LogP contribution is 2.44. The number of nitrogens with zero attached hydrogens (tertiary/aromatic N) is 2. The summed E-state index contributed by atoms with van der Waals surface area (Å²) in [6.07, 6.45) is 3.07. The van der Waals surface area contributed by atoms with Crippen LogP contribution in [0.2, 0.25) is 5.02 Å². The number of carbonyl (C=O) groups is 2. The molecule has 2 amide bonds. The van der Waals surface area contributed by atoms with E-state index in [9.17, 15) is 23.9 Å². The van der Waals surface area contributed by atoms with Crippen LogP contribution >= 0.6 is 11.6 Å². The van der Waals surface area contributed by atoms with E-state index < -0.39 is 28.8 Å². The molecule has 182 valence electrons. The molecule has 0 bridgehead atoms. The molecule has 34 heavy (non-hydrogen) atoms. The lowest BCUT2D eigenvalue weighted by molar-refractivity contribution is -0.0454. The van der Waals surface area contributed by atoms with E-state index in [2.05, 4.69) is 5.32 Å². The van der Waals surface area contributed by atoms with Crippen LogP contribution in [0.1, 0.15) is 59.0 Å². The Kier molecular flexibility index (Phi) is 6.69. The lowest BCUT2D eigenvalue weighted by atomic mass is 9.72. The Morgan fingerprint density at radius 1 is 1.35 bits per heavy atom. The van der Waals surface area contributed by atoms with Gasteiger partial charge in [0.25, 0.3) is 11.8 Å². The molecular formula is C24H27ClFN3O5. The molecule has 1 saturated carbocycles. The van der Waals surface area contributed by atoms with E-state index in [0.29, 0.717) is 25.8 Å². The third kappa shape index (κ3) is 4.18. The van der Waals surface area contributed by atoms with Gasteiger partial charge in [-0.2, -0.15) is 0 Å². The number of pyridine rings is 1. The maximum atomic E-state index is 14.2. The van der Waals surface area contributed by atoms with Crippen molar-refractivity contribution >= 4 is 23.4 Å². The van der Waals surface area contributed by atoms with Crippen LogP contribution in [0.5, 0.6) is 5.75 Å². The molecule has 1 spiro atoms. The molecule has 0 unspecified atom stereocenters. The smallest absolute Gasteiger partial charge is 0.274 e. The Labute approximate surface area is 201 Å². The first kappa shape index (κ1) is 24.2. The molecule has 2 aliphatic rings. The second kappa shape index (κ2) is 9.38. The number of benzene rings is 1. The number of amides is 2. The molecule has 1 aliphatic heterocycles. The number of aromatic nitrogens is 1. The topological polar surface area (TPSA) is 101 Å².